The van der Waals surface area contributed by atoms with E-state index in [0.29, 0.717) is 17.2 Å². The zero-order valence-electron chi connectivity index (χ0n) is 12.3. The minimum atomic E-state index is -0.818. The van der Waals surface area contributed by atoms with Gasteiger partial charge in [-0.15, -0.1) is 0 Å². The Morgan fingerprint density at radius 1 is 1.04 bits per heavy atom. The lowest BCUT2D eigenvalue weighted by atomic mass is 10.3. The number of benzene rings is 2. The van der Waals surface area contributed by atoms with Crippen LogP contribution in [0.3, 0.4) is 0 Å². The number of rotatable bonds is 5. The highest BCUT2D eigenvalue weighted by molar-refractivity contribution is 5.64. The molecule has 0 saturated heterocycles. The summed E-state index contributed by atoms with van der Waals surface area (Å²) < 4.78 is 5.66. The van der Waals surface area contributed by atoms with Crippen molar-refractivity contribution < 1.29 is 9.66 Å². The van der Waals surface area contributed by atoms with Crippen LogP contribution in [0, 0.1) is 10.1 Å². The van der Waals surface area contributed by atoms with Gasteiger partial charge in [0.2, 0.25) is 5.82 Å². The molecule has 1 heterocycles. The maximum absolute atomic E-state index is 11.5. The van der Waals surface area contributed by atoms with Crippen LogP contribution in [0.4, 0.5) is 17.2 Å². The largest absolute Gasteiger partial charge is 0.457 e. The van der Waals surface area contributed by atoms with Crippen molar-refractivity contribution in [3.8, 4) is 11.5 Å². The molecule has 0 radical (unpaired) electrons. The molecule has 24 heavy (non-hydrogen) atoms. The first-order valence-corrected chi connectivity index (χ1v) is 6.95. The summed E-state index contributed by atoms with van der Waals surface area (Å²) >= 11 is 0. The van der Waals surface area contributed by atoms with Crippen molar-refractivity contribution in [1.29, 1.82) is 0 Å². The van der Waals surface area contributed by atoms with Crippen molar-refractivity contribution in [3.05, 3.63) is 81.4 Å². The number of nitrogens with zero attached hydrogens (tertiary/aromatic N) is 2. The Hall–Kier alpha value is -3.68. The second-order valence-electron chi connectivity index (χ2n) is 4.75. The van der Waals surface area contributed by atoms with E-state index < -0.39 is 16.2 Å². The van der Waals surface area contributed by atoms with E-state index in [1.165, 1.54) is 0 Å². The van der Waals surface area contributed by atoms with Crippen LogP contribution in [-0.2, 0) is 0 Å². The van der Waals surface area contributed by atoms with Crippen LogP contribution in [0.5, 0.6) is 11.5 Å². The third-order valence-electron chi connectivity index (χ3n) is 3.11. The van der Waals surface area contributed by atoms with Crippen molar-refractivity contribution in [3.63, 3.8) is 0 Å². The van der Waals surface area contributed by atoms with Crippen molar-refractivity contribution in [2.45, 2.75) is 0 Å². The first kappa shape index (κ1) is 15.2. The summed E-state index contributed by atoms with van der Waals surface area (Å²) in [5.41, 5.74) is -0.916. The van der Waals surface area contributed by atoms with E-state index in [0.717, 1.165) is 6.33 Å². The number of aromatic amines is 1. The van der Waals surface area contributed by atoms with Crippen LogP contribution < -0.4 is 15.6 Å². The van der Waals surface area contributed by atoms with E-state index in [1.807, 2.05) is 30.3 Å². The summed E-state index contributed by atoms with van der Waals surface area (Å²) in [4.78, 5) is 27.7. The number of nitro groups is 1. The maximum atomic E-state index is 11.5. The molecule has 3 rings (SSSR count). The molecule has 0 spiro atoms. The van der Waals surface area contributed by atoms with Crippen LogP contribution in [0.25, 0.3) is 0 Å². The van der Waals surface area contributed by atoms with Gasteiger partial charge in [0.1, 0.15) is 11.5 Å². The van der Waals surface area contributed by atoms with E-state index in [2.05, 4.69) is 15.3 Å². The molecule has 0 fully saturated rings. The predicted molar refractivity (Wildman–Crippen MR) is 87.8 cm³/mol. The molecule has 8 nitrogen and oxygen atoms in total. The third-order valence-corrected chi connectivity index (χ3v) is 3.11. The van der Waals surface area contributed by atoms with Crippen LogP contribution in [0.15, 0.2) is 65.7 Å². The number of aromatic nitrogens is 2. The Morgan fingerprint density at radius 2 is 1.71 bits per heavy atom. The normalized spacial score (nSPS) is 10.2. The SMILES string of the molecule is O=c1[nH]cnc(Nc2ccc(Oc3ccccc3)cc2)c1[N+](=O)[O-]. The average molecular weight is 324 g/mol. The topological polar surface area (TPSA) is 110 Å². The Balaban J connectivity index is 1.79. The first-order chi connectivity index (χ1) is 11.6. The number of ether oxygens (including phenoxy) is 1. The second-order valence-corrected chi connectivity index (χ2v) is 4.75. The van der Waals surface area contributed by atoms with Crippen molar-refractivity contribution in [1.82, 2.24) is 9.97 Å². The van der Waals surface area contributed by atoms with Gasteiger partial charge in [-0.1, -0.05) is 18.2 Å². The summed E-state index contributed by atoms with van der Waals surface area (Å²) in [6, 6.07) is 16.0. The second kappa shape index (κ2) is 6.61. The summed E-state index contributed by atoms with van der Waals surface area (Å²) in [5, 5.41) is 13.7. The fourth-order valence-corrected chi connectivity index (χ4v) is 2.02. The van der Waals surface area contributed by atoms with E-state index >= 15 is 0 Å². The molecule has 3 aromatic rings. The fourth-order valence-electron chi connectivity index (χ4n) is 2.02. The zero-order valence-corrected chi connectivity index (χ0v) is 12.3. The summed E-state index contributed by atoms with van der Waals surface area (Å²) in [5.74, 6) is 1.19. The van der Waals surface area contributed by atoms with Gasteiger partial charge in [-0.25, -0.2) is 4.98 Å². The molecule has 0 atom stereocenters. The van der Waals surface area contributed by atoms with E-state index in [1.54, 1.807) is 24.3 Å². The molecular formula is C16H12N4O4. The molecule has 2 aromatic carbocycles. The highest BCUT2D eigenvalue weighted by atomic mass is 16.6. The Morgan fingerprint density at radius 3 is 2.38 bits per heavy atom. The van der Waals surface area contributed by atoms with Gasteiger partial charge in [-0.05, 0) is 36.4 Å². The maximum Gasteiger partial charge on any atom is 0.376 e. The number of H-pyrrole nitrogens is 1. The number of nitrogens with one attached hydrogen (secondary N) is 2. The van der Waals surface area contributed by atoms with E-state index in [9.17, 15) is 14.9 Å². The van der Waals surface area contributed by atoms with Gasteiger partial charge in [0, 0.05) is 5.69 Å². The first-order valence-electron chi connectivity index (χ1n) is 6.95. The molecule has 0 aliphatic rings. The Labute approximate surface area is 135 Å². The van der Waals surface area contributed by atoms with Gasteiger partial charge in [0.05, 0.1) is 11.3 Å². The number of hydrogen-bond donors (Lipinski definition) is 2. The molecule has 0 aliphatic carbocycles. The highest BCUT2D eigenvalue weighted by Gasteiger charge is 2.20. The molecule has 0 bridgehead atoms. The van der Waals surface area contributed by atoms with Crippen LogP contribution in [0.1, 0.15) is 0 Å². The number of anilines is 2. The monoisotopic (exact) mass is 324 g/mol. The minimum absolute atomic E-state index is 0.125. The summed E-state index contributed by atoms with van der Waals surface area (Å²) in [6.45, 7) is 0. The zero-order chi connectivity index (χ0) is 16.9. The fraction of sp³-hybridized carbons (Fsp3) is 0. The molecule has 0 unspecified atom stereocenters. The van der Waals surface area contributed by atoms with Gasteiger partial charge in [-0.2, -0.15) is 0 Å². The van der Waals surface area contributed by atoms with Crippen LogP contribution in [-0.4, -0.2) is 14.9 Å². The molecule has 120 valence electrons. The van der Waals surface area contributed by atoms with Gasteiger partial charge >= 0.3 is 11.2 Å². The molecule has 8 heteroatoms. The lowest BCUT2D eigenvalue weighted by molar-refractivity contribution is -0.385. The predicted octanol–water partition coefficient (Wildman–Crippen LogP) is 3.21. The van der Waals surface area contributed by atoms with Gasteiger partial charge < -0.3 is 15.0 Å². The summed E-state index contributed by atoms with van der Waals surface area (Å²) in [6.07, 6.45) is 1.10. The minimum Gasteiger partial charge on any atom is -0.457 e. The molecule has 0 aliphatic heterocycles. The van der Waals surface area contributed by atoms with Gasteiger partial charge in [-0.3, -0.25) is 14.9 Å². The quantitative estimate of drug-likeness (QED) is 0.551. The smallest absolute Gasteiger partial charge is 0.376 e. The summed E-state index contributed by atoms with van der Waals surface area (Å²) in [7, 11) is 0. The Bertz CT molecular complexity index is 907. The molecule has 0 saturated carbocycles. The molecule has 2 N–H and O–H groups in total. The standard InChI is InChI=1S/C16H12N4O4/c21-16-14(20(22)23)15(17-10-18-16)19-11-6-8-13(9-7-11)24-12-4-2-1-3-5-12/h1-10H,(H2,17,18,19,21). The van der Waals surface area contributed by atoms with Crippen molar-refractivity contribution >= 4 is 17.2 Å². The van der Waals surface area contributed by atoms with Crippen molar-refractivity contribution in [2.24, 2.45) is 0 Å². The van der Waals surface area contributed by atoms with Crippen LogP contribution >= 0.6 is 0 Å². The number of para-hydroxylation sites is 1. The average Bonchev–Trinajstić information content (AvgIpc) is 2.57. The van der Waals surface area contributed by atoms with Crippen LogP contribution in [0.2, 0.25) is 0 Å². The number of hydrogen-bond acceptors (Lipinski definition) is 6. The molecular weight excluding hydrogens is 312 g/mol. The van der Waals surface area contributed by atoms with Crippen molar-refractivity contribution in [2.75, 3.05) is 5.32 Å². The highest BCUT2D eigenvalue weighted by Crippen LogP contribution is 2.25. The molecule has 1 aromatic heterocycles. The molecule has 0 amide bonds. The third kappa shape index (κ3) is 3.38. The van der Waals surface area contributed by atoms with E-state index in [4.69, 9.17) is 4.74 Å². The lowest BCUT2D eigenvalue weighted by Crippen LogP contribution is -2.14. The Kier molecular flexibility index (Phi) is 4.19. The van der Waals surface area contributed by atoms with Gasteiger partial charge in [0.25, 0.3) is 0 Å². The van der Waals surface area contributed by atoms with Gasteiger partial charge in [0.15, 0.2) is 0 Å². The lowest BCUT2D eigenvalue weighted by Gasteiger charge is -2.08. The van der Waals surface area contributed by atoms with E-state index in [-0.39, 0.29) is 5.82 Å².